The summed E-state index contributed by atoms with van der Waals surface area (Å²) in [5.74, 6) is 0. The number of aliphatic hydroxyl groups excluding tert-OH is 1. The van der Waals surface area contributed by atoms with Crippen LogP contribution in [0.25, 0.3) is 0 Å². The number of aliphatic hydroxyl groups is 2. The minimum atomic E-state index is -4.42. The van der Waals surface area contributed by atoms with E-state index in [1.54, 1.807) is 20.1 Å². The molecule has 2 atom stereocenters. The lowest BCUT2D eigenvalue weighted by Gasteiger charge is -2.38. The summed E-state index contributed by atoms with van der Waals surface area (Å²) in [5.41, 5.74) is 2.08. The predicted molar refractivity (Wildman–Crippen MR) is 166 cm³/mol. The van der Waals surface area contributed by atoms with Gasteiger partial charge in [0.15, 0.2) is 0 Å². The molecule has 42 heavy (non-hydrogen) atoms. The number of hydrogen-bond donors (Lipinski definition) is 3. The number of aromatic nitrogens is 1. The number of pyridine rings is 1. The van der Waals surface area contributed by atoms with Gasteiger partial charge in [0, 0.05) is 16.8 Å². The van der Waals surface area contributed by atoms with E-state index in [0.717, 1.165) is 54.6 Å². The van der Waals surface area contributed by atoms with Crippen LogP contribution in [0.15, 0.2) is 24.3 Å². The Morgan fingerprint density at radius 1 is 0.976 bits per heavy atom. The maximum atomic E-state index is 13.2. The van der Waals surface area contributed by atoms with Crippen LogP contribution in [0, 0.1) is 10.8 Å². The number of nitrogens with zero attached hydrogens (tertiary/aromatic N) is 1. The summed E-state index contributed by atoms with van der Waals surface area (Å²) in [5, 5.41) is 22.5. The molecule has 1 aromatic heterocycles. The Morgan fingerprint density at radius 2 is 1.50 bits per heavy atom. The van der Waals surface area contributed by atoms with E-state index in [0.29, 0.717) is 35.1 Å². The third kappa shape index (κ3) is 7.36. The fraction of sp³-hybridized carbons (Fsp3) is 0.676. The molecule has 0 radical (unpaired) electrons. The van der Waals surface area contributed by atoms with Gasteiger partial charge in [-0.3, -0.25) is 4.98 Å². The average molecular weight is 610 g/mol. The maximum absolute atomic E-state index is 13.2. The fourth-order valence-corrected chi connectivity index (χ4v) is 6.26. The van der Waals surface area contributed by atoms with Crippen molar-refractivity contribution in [1.29, 1.82) is 0 Å². The number of ether oxygens (including phenoxy) is 1. The Morgan fingerprint density at radius 3 is 1.95 bits per heavy atom. The summed E-state index contributed by atoms with van der Waals surface area (Å²) < 4.78 is 46.3. The van der Waals surface area contributed by atoms with Gasteiger partial charge >= 0.3 is 6.18 Å². The highest BCUT2D eigenvalue weighted by Crippen LogP contribution is 2.59. The van der Waals surface area contributed by atoms with Gasteiger partial charge in [0.2, 0.25) is 0 Å². The van der Waals surface area contributed by atoms with Crippen LogP contribution in [-0.4, -0.2) is 21.5 Å². The van der Waals surface area contributed by atoms with Crippen LogP contribution in [0.2, 0.25) is 0 Å². The lowest BCUT2D eigenvalue weighted by atomic mass is 9.70. The molecule has 2 heterocycles. The first-order valence-electron chi connectivity index (χ1n) is 15.1. The Hall–Kier alpha value is -1.61. The zero-order chi connectivity index (χ0) is 31.9. The molecule has 1 fully saturated rings. The predicted octanol–water partition coefficient (Wildman–Crippen LogP) is 9.21. The summed E-state index contributed by atoms with van der Waals surface area (Å²) in [6.45, 7) is 16.5. The quantitative estimate of drug-likeness (QED) is 0.297. The SMILES string of the molecule is CC1(C)Cc2nc(C(C)(C)O)c3c(c2C(O)C1)C1(CCCC1)OC3c1ccc(C(F)(F)F)cc1.CCC(C)(C)C.CS. The van der Waals surface area contributed by atoms with Gasteiger partial charge in [-0.05, 0) is 79.9 Å². The zero-order valence-corrected chi connectivity index (χ0v) is 27.6. The lowest BCUT2D eigenvalue weighted by molar-refractivity contribution is -0.137. The topological polar surface area (TPSA) is 62.6 Å². The minimum Gasteiger partial charge on any atom is -0.388 e. The molecule has 0 bridgehead atoms. The number of halogens is 3. The number of hydrogen-bond acceptors (Lipinski definition) is 5. The van der Waals surface area contributed by atoms with E-state index in [1.807, 2.05) is 0 Å². The molecule has 1 aromatic carbocycles. The molecule has 2 aromatic rings. The molecule has 3 aliphatic rings. The molecular weight excluding hydrogens is 559 g/mol. The van der Waals surface area contributed by atoms with Crippen LogP contribution in [0.1, 0.15) is 145 Å². The Balaban J connectivity index is 0.000000541. The van der Waals surface area contributed by atoms with Crippen molar-refractivity contribution >= 4 is 12.6 Å². The Kier molecular flexibility index (Phi) is 10.3. The van der Waals surface area contributed by atoms with E-state index in [-0.39, 0.29) is 5.41 Å². The van der Waals surface area contributed by atoms with Crippen molar-refractivity contribution in [1.82, 2.24) is 4.98 Å². The van der Waals surface area contributed by atoms with Crippen molar-refractivity contribution in [3.05, 3.63) is 63.5 Å². The van der Waals surface area contributed by atoms with Crippen LogP contribution in [0.5, 0.6) is 0 Å². The van der Waals surface area contributed by atoms with E-state index < -0.39 is 35.1 Å². The molecule has 8 heteroatoms. The zero-order valence-electron chi connectivity index (χ0n) is 26.7. The molecule has 1 aliphatic heterocycles. The number of rotatable bonds is 2. The van der Waals surface area contributed by atoms with Crippen molar-refractivity contribution in [2.75, 3.05) is 6.26 Å². The van der Waals surface area contributed by atoms with Gasteiger partial charge in [0.05, 0.1) is 23.0 Å². The minimum absolute atomic E-state index is 0.139. The van der Waals surface area contributed by atoms with Crippen LogP contribution in [0.4, 0.5) is 13.2 Å². The first-order valence-corrected chi connectivity index (χ1v) is 16.0. The van der Waals surface area contributed by atoms with E-state index in [2.05, 4.69) is 54.2 Å². The molecule has 2 N–H and O–H groups in total. The lowest BCUT2D eigenvalue weighted by Crippen LogP contribution is -2.33. The van der Waals surface area contributed by atoms with Crippen molar-refractivity contribution in [3.63, 3.8) is 0 Å². The molecule has 0 saturated heterocycles. The summed E-state index contributed by atoms with van der Waals surface area (Å²) in [4.78, 5) is 4.92. The highest BCUT2D eigenvalue weighted by Gasteiger charge is 2.53. The molecule has 1 spiro atoms. The second kappa shape index (κ2) is 12.4. The smallest absolute Gasteiger partial charge is 0.388 e. The fourth-order valence-electron chi connectivity index (χ4n) is 6.26. The Bertz CT molecular complexity index is 1220. The molecule has 1 saturated carbocycles. The van der Waals surface area contributed by atoms with Crippen molar-refractivity contribution in [2.24, 2.45) is 10.8 Å². The normalized spacial score (nSPS) is 22.5. The monoisotopic (exact) mass is 609 g/mol. The van der Waals surface area contributed by atoms with Gasteiger partial charge < -0.3 is 14.9 Å². The molecule has 4 nitrogen and oxygen atoms in total. The van der Waals surface area contributed by atoms with E-state index in [1.165, 1.54) is 18.6 Å². The molecule has 2 aliphatic carbocycles. The largest absolute Gasteiger partial charge is 0.416 e. The van der Waals surface area contributed by atoms with Gasteiger partial charge in [-0.1, -0.05) is 72.9 Å². The molecule has 0 amide bonds. The molecule has 236 valence electrons. The van der Waals surface area contributed by atoms with Crippen molar-refractivity contribution < 1.29 is 28.1 Å². The van der Waals surface area contributed by atoms with Gasteiger partial charge in [-0.25, -0.2) is 0 Å². The van der Waals surface area contributed by atoms with E-state index >= 15 is 0 Å². The van der Waals surface area contributed by atoms with Crippen LogP contribution >= 0.6 is 12.6 Å². The van der Waals surface area contributed by atoms with Gasteiger partial charge in [0.1, 0.15) is 11.7 Å². The van der Waals surface area contributed by atoms with Crippen LogP contribution in [-0.2, 0) is 28.5 Å². The third-order valence-corrected chi connectivity index (χ3v) is 8.73. The van der Waals surface area contributed by atoms with Crippen molar-refractivity contribution in [3.8, 4) is 0 Å². The van der Waals surface area contributed by atoms with E-state index in [9.17, 15) is 23.4 Å². The Labute approximate surface area is 255 Å². The van der Waals surface area contributed by atoms with Crippen molar-refractivity contribution in [2.45, 2.75) is 130 Å². The third-order valence-electron chi connectivity index (χ3n) is 8.73. The average Bonchev–Trinajstić information content (AvgIpc) is 3.48. The second-order valence-electron chi connectivity index (χ2n) is 14.5. The highest BCUT2D eigenvalue weighted by atomic mass is 32.1. The number of alkyl halides is 3. The highest BCUT2D eigenvalue weighted by molar-refractivity contribution is 7.79. The summed E-state index contributed by atoms with van der Waals surface area (Å²) >= 11 is 3.53. The maximum Gasteiger partial charge on any atom is 0.416 e. The first-order chi connectivity index (χ1) is 19.3. The summed E-state index contributed by atoms with van der Waals surface area (Å²) in [7, 11) is 0. The number of fused-ring (bicyclic) bond motifs is 4. The molecule has 2 unspecified atom stereocenters. The van der Waals surface area contributed by atoms with Gasteiger partial charge in [-0.2, -0.15) is 25.8 Å². The second-order valence-corrected chi connectivity index (χ2v) is 14.5. The van der Waals surface area contributed by atoms with E-state index in [4.69, 9.17) is 9.72 Å². The van der Waals surface area contributed by atoms with Crippen LogP contribution < -0.4 is 0 Å². The first kappa shape index (κ1) is 34.9. The molecular formula is C34H50F3NO3S. The summed E-state index contributed by atoms with van der Waals surface area (Å²) in [6.07, 6.45) is 1.94. The van der Waals surface area contributed by atoms with Gasteiger partial charge in [-0.15, -0.1) is 0 Å². The number of thiol groups is 1. The van der Waals surface area contributed by atoms with Crippen LogP contribution in [0.3, 0.4) is 0 Å². The van der Waals surface area contributed by atoms with Gasteiger partial charge in [0.25, 0.3) is 0 Å². The standard InChI is InChI=1S/C27H32F3NO3.C6H14.CH4S/c1-24(2)13-17-19(18(32)14-24)21-20(23(31-17)25(3,4)33)22(34-26(21)11-5-6-12-26)15-7-9-16(10-8-15)27(28,29)30;1-5-6(2,3)4;1-2/h7-10,18,22,32-33H,5-6,11-14H2,1-4H3;5H2,1-4H3;2H,1H3. The molecule has 5 rings (SSSR count). The summed E-state index contributed by atoms with van der Waals surface area (Å²) in [6, 6.07) is 5.06. The number of benzene rings is 1.